The van der Waals surface area contributed by atoms with E-state index in [0.717, 1.165) is 16.9 Å². The lowest BCUT2D eigenvalue weighted by Crippen LogP contribution is -2.03. The fourth-order valence-electron chi connectivity index (χ4n) is 2.24. The second-order valence-corrected chi connectivity index (χ2v) is 5.15. The minimum atomic E-state index is -0.370. The number of benzene rings is 1. The van der Waals surface area contributed by atoms with E-state index < -0.39 is 0 Å². The standard InChI is InChI=1S/C18H17N5O2/c1-19-18-22-15(13-4-3-9-20-11-13)10-16(23-18)21-14-7-5-12(6-8-14)17(24)25-2/h3-11H,1-2H3,(H2,19,21,22,23). The molecule has 7 heteroatoms. The van der Waals surface area contributed by atoms with Crippen molar-refractivity contribution in [2.45, 2.75) is 0 Å². The fraction of sp³-hybridized carbons (Fsp3) is 0.111. The maximum Gasteiger partial charge on any atom is 0.337 e. The van der Waals surface area contributed by atoms with E-state index in [1.807, 2.05) is 18.2 Å². The number of nitrogens with one attached hydrogen (secondary N) is 2. The molecule has 0 aliphatic rings. The number of pyridine rings is 1. The minimum absolute atomic E-state index is 0.370. The van der Waals surface area contributed by atoms with Gasteiger partial charge in [-0.05, 0) is 36.4 Å². The molecule has 2 aromatic heterocycles. The number of esters is 1. The molecule has 0 aliphatic heterocycles. The largest absolute Gasteiger partial charge is 0.465 e. The Labute approximate surface area is 145 Å². The predicted molar refractivity (Wildman–Crippen MR) is 95.9 cm³/mol. The Hall–Kier alpha value is -3.48. The number of carbonyl (C=O) groups is 1. The van der Waals surface area contributed by atoms with E-state index in [-0.39, 0.29) is 5.97 Å². The van der Waals surface area contributed by atoms with Crippen LogP contribution in [0, 0.1) is 0 Å². The van der Waals surface area contributed by atoms with Crippen molar-refractivity contribution in [2.75, 3.05) is 24.8 Å². The number of carbonyl (C=O) groups excluding carboxylic acids is 1. The first-order chi connectivity index (χ1) is 12.2. The van der Waals surface area contributed by atoms with Crippen LogP contribution >= 0.6 is 0 Å². The third-order valence-corrected chi connectivity index (χ3v) is 3.49. The molecule has 126 valence electrons. The normalized spacial score (nSPS) is 10.2. The van der Waals surface area contributed by atoms with Crippen LogP contribution in [-0.2, 0) is 4.74 Å². The van der Waals surface area contributed by atoms with Crippen LogP contribution < -0.4 is 10.6 Å². The molecule has 1 aromatic carbocycles. The SMILES string of the molecule is CNc1nc(Nc2ccc(C(=O)OC)cc2)cc(-c2cccnc2)n1. The van der Waals surface area contributed by atoms with Gasteiger partial charge in [-0.2, -0.15) is 4.98 Å². The molecule has 0 radical (unpaired) electrons. The Morgan fingerprint density at radius 2 is 1.92 bits per heavy atom. The average Bonchev–Trinajstić information content (AvgIpc) is 2.68. The second kappa shape index (κ2) is 7.39. The van der Waals surface area contributed by atoms with Crippen LogP contribution in [-0.4, -0.2) is 35.1 Å². The number of anilines is 3. The summed E-state index contributed by atoms with van der Waals surface area (Å²) in [7, 11) is 3.12. The van der Waals surface area contributed by atoms with Crippen molar-refractivity contribution >= 4 is 23.4 Å². The van der Waals surface area contributed by atoms with E-state index in [1.165, 1.54) is 7.11 Å². The maximum absolute atomic E-state index is 11.5. The topological polar surface area (TPSA) is 89.0 Å². The van der Waals surface area contributed by atoms with Gasteiger partial charge in [0, 0.05) is 36.8 Å². The first-order valence-electron chi connectivity index (χ1n) is 7.62. The summed E-state index contributed by atoms with van der Waals surface area (Å²) in [5.74, 6) is 0.754. The number of hydrogen-bond acceptors (Lipinski definition) is 7. The van der Waals surface area contributed by atoms with Gasteiger partial charge in [0.25, 0.3) is 0 Å². The van der Waals surface area contributed by atoms with Crippen LogP contribution in [0.5, 0.6) is 0 Å². The molecule has 0 atom stereocenters. The van der Waals surface area contributed by atoms with Crippen LogP contribution in [0.15, 0.2) is 54.9 Å². The lowest BCUT2D eigenvalue weighted by atomic mass is 10.2. The van der Waals surface area contributed by atoms with E-state index in [1.54, 1.807) is 43.7 Å². The van der Waals surface area contributed by atoms with Crippen LogP contribution in [0.2, 0.25) is 0 Å². The monoisotopic (exact) mass is 335 g/mol. The van der Waals surface area contributed by atoms with Gasteiger partial charge in [-0.25, -0.2) is 9.78 Å². The number of hydrogen-bond donors (Lipinski definition) is 2. The van der Waals surface area contributed by atoms with Crippen molar-refractivity contribution in [3.8, 4) is 11.3 Å². The number of methoxy groups -OCH3 is 1. The van der Waals surface area contributed by atoms with Crippen molar-refractivity contribution in [1.29, 1.82) is 0 Å². The van der Waals surface area contributed by atoms with Gasteiger partial charge in [-0.1, -0.05) is 0 Å². The van der Waals surface area contributed by atoms with Crippen LogP contribution in [0.25, 0.3) is 11.3 Å². The highest BCUT2D eigenvalue weighted by Crippen LogP contribution is 2.23. The summed E-state index contributed by atoms with van der Waals surface area (Å²) in [5, 5.41) is 6.16. The number of ether oxygens (including phenoxy) is 1. The van der Waals surface area contributed by atoms with Gasteiger partial charge >= 0.3 is 5.97 Å². The molecular weight excluding hydrogens is 318 g/mol. The summed E-state index contributed by atoms with van der Waals surface area (Å²) in [4.78, 5) is 24.5. The molecule has 0 fully saturated rings. The van der Waals surface area contributed by atoms with Gasteiger partial charge in [0.1, 0.15) is 5.82 Å². The third-order valence-electron chi connectivity index (χ3n) is 3.49. The summed E-state index contributed by atoms with van der Waals surface area (Å²) in [6.45, 7) is 0. The van der Waals surface area contributed by atoms with Crippen molar-refractivity contribution in [1.82, 2.24) is 15.0 Å². The molecule has 3 aromatic rings. The fourth-order valence-corrected chi connectivity index (χ4v) is 2.24. The van der Waals surface area contributed by atoms with Crippen LogP contribution in [0.1, 0.15) is 10.4 Å². The zero-order valence-electron chi connectivity index (χ0n) is 13.9. The van der Waals surface area contributed by atoms with Gasteiger partial charge in [-0.3, -0.25) is 4.98 Å². The number of aromatic nitrogens is 3. The van der Waals surface area contributed by atoms with Crippen molar-refractivity contribution in [3.05, 3.63) is 60.4 Å². The van der Waals surface area contributed by atoms with E-state index >= 15 is 0 Å². The second-order valence-electron chi connectivity index (χ2n) is 5.15. The summed E-state index contributed by atoms with van der Waals surface area (Å²) in [6.07, 6.45) is 3.46. The lowest BCUT2D eigenvalue weighted by molar-refractivity contribution is 0.0601. The Kier molecular flexibility index (Phi) is 4.84. The molecule has 0 unspecified atom stereocenters. The van der Waals surface area contributed by atoms with E-state index in [0.29, 0.717) is 17.3 Å². The summed E-state index contributed by atoms with van der Waals surface area (Å²) in [6, 6.07) is 12.6. The molecule has 0 amide bonds. The van der Waals surface area contributed by atoms with Crippen LogP contribution in [0.3, 0.4) is 0 Å². The molecule has 2 N–H and O–H groups in total. The van der Waals surface area contributed by atoms with Crippen molar-refractivity contribution in [2.24, 2.45) is 0 Å². The Balaban J connectivity index is 1.88. The van der Waals surface area contributed by atoms with E-state index in [4.69, 9.17) is 4.74 Å². The summed E-state index contributed by atoms with van der Waals surface area (Å²) < 4.78 is 4.70. The molecule has 0 spiro atoms. The smallest absolute Gasteiger partial charge is 0.337 e. The highest BCUT2D eigenvalue weighted by Gasteiger charge is 2.08. The molecule has 0 saturated carbocycles. The van der Waals surface area contributed by atoms with Crippen LogP contribution in [0.4, 0.5) is 17.5 Å². The van der Waals surface area contributed by atoms with Gasteiger partial charge < -0.3 is 15.4 Å². The maximum atomic E-state index is 11.5. The molecular formula is C18H17N5O2. The van der Waals surface area contributed by atoms with E-state index in [2.05, 4.69) is 25.6 Å². The average molecular weight is 335 g/mol. The number of nitrogens with zero attached hydrogens (tertiary/aromatic N) is 3. The van der Waals surface area contributed by atoms with E-state index in [9.17, 15) is 4.79 Å². The van der Waals surface area contributed by atoms with Gasteiger partial charge in [-0.15, -0.1) is 0 Å². The summed E-state index contributed by atoms with van der Waals surface area (Å²) >= 11 is 0. The first-order valence-corrected chi connectivity index (χ1v) is 7.62. The molecule has 2 heterocycles. The third kappa shape index (κ3) is 3.89. The highest BCUT2D eigenvalue weighted by molar-refractivity contribution is 5.89. The zero-order valence-corrected chi connectivity index (χ0v) is 13.9. The van der Waals surface area contributed by atoms with Gasteiger partial charge in [0.15, 0.2) is 0 Å². The molecule has 7 nitrogen and oxygen atoms in total. The molecule has 25 heavy (non-hydrogen) atoms. The van der Waals surface area contributed by atoms with Gasteiger partial charge in [0.2, 0.25) is 5.95 Å². The Bertz CT molecular complexity index is 866. The van der Waals surface area contributed by atoms with Crippen molar-refractivity contribution in [3.63, 3.8) is 0 Å². The summed E-state index contributed by atoms with van der Waals surface area (Å²) in [5.41, 5.74) is 2.93. The molecule has 0 saturated heterocycles. The predicted octanol–water partition coefficient (Wildman–Crippen LogP) is 3.11. The highest BCUT2D eigenvalue weighted by atomic mass is 16.5. The van der Waals surface area contributed by atoms with Gasteiger partial charge in [0.05, 0.1) is 18.4 Å². The molecule has 3 rings (SSSR count). The number of rotatable bonds is 5. The lowest BCUT2D eigenvalue weighted by Gasteiger charge is -2.10. The minimum Gasteiger partial charge on any atom is -0.465 e. The first kappa shape index (κ1) is 16.4. The Morgan fingerprint density at radius 1 is 1.12 bits per heavy atom. The molecule has 0 bridgehead atoms. The molecule has 0 aliphatic carbocycles. The quantitative estimate of drug-likeness (QED) is 0.692. The zero-order chi connectivity index (χ0) is 17.6. The van der Waals surface area contributed by atoms with Crippen molar-refractivity contribution < 1.29 is 9.53 Å². The Morgan fingerprint density at radius 3 is 2.56 bits per heavy atom.